The van der Waals surface area contributed by atoms with Crippen molar-refractivity contribution in [1.82, 2.24) is 10.2 Å². The quantitative estimate of drug-likeness (QED) is 0.889. The number of halogens is 1. The van der Waals surface area contributed by atoms with Crippen molar-refractivity contribution in [2.24, 2.45) is 0 Å². The van der Waals surface area contributed by atoms with Crippen molar-refractivity contribution < 1.29 is 9.90 Å². The molecule has 2 N–H and O–H groups in total. The number of carboxylic acids is 1. The van der Waals surface area contributed by atoms with Crippen LogP contribution >= 0.6 is 15.9 Å². The molecule has 82 valence electrons. The number of hydrogen-bond acceptors (Lipinski definition) is 2. The summed E-state index contributed by atoms with van der Waals surface area (Å²) >= 11 is 3.43. The Morgan fingerprint density at radius 2 is 2.19 bits per heavy atom. The first-order valence-corrected chi connectivity index (χ1v) is 5.42. The van der Waals surface area contributed by atoms with Gasteiger partial charge >= 0.3 is 5.97 Å². The Morgan fingerprint density at radius 1 is 1.44 bits per heavy atom. The monoisotopic (exact) mass is 280 g/mol. The third-order valence-corrected chi connectivity index (χ3v) is 2.86. The lowest BCUT2D eigenvalue weighted by molar-refractivity contribution is 0.0690. The summed E-state index contributed by atoms with van der Waals surface area (Å²) in [6.45, 7) is 1.99. The van der Waals surface area contributed by atoms with E-state index >= 15 is 0 Å². The Bertz CT molecular complexity index is 549. The average molecular weight is 281 g/mol. The normalized spacial score (nSPS) is 10.4. The Morgan fingerprint density at radius 3 is 2.75 bits per heavy atom. The molecule has 0 spiro atoms. The van der Waals surface area contributed by atoms with Gasteiger partial charge in [-0.3, -0.25) is 5.10 Å². The number of aromatic nitrogens is 2. The van der Waals surface area contributed by atoms with Crippen LogP contribution in [0.2, 0.25) is 0 Å². The fraction of sp³-hybridized carbons (Fsp3) is 0.0909. The van der Waals surface area contributed by atoms with Crippen molar-refractivity contribution in [2.45, 2.75) is 6.92 Å². The first-order valence-electron chi connectivity index (χ1n) is 4.63. The number of aromatic amines is 1. The van der Waals surface area contributed by atoms with Crippen LogP contribution in [0.25, 0.3) is 11.3 Å². The van der Waals surface area contributed by atoms with Gasteiger partial charge in [-0.25, -0.2) is 4.79 Å². The van der Waals surface area contributed by atoms with E-state index in [1.165, 1.54) is 6.07 Å². The molecule has 0 aliphatic rings. The van der Waals surface area contributed by atoms with Gasteiger partial charge in [0.25, 0.3) is 0 Å². The molecule has 0 unspecified atom stereocenters. The smallest absolute Gasteiger partial charge is 0.353 e. The summed E-state index contributed by atoms with van der Waals surface area (Å²) in [5.74, 6) is -1.01. The molecule has 4 nitrogen and oxygen atoms in total. The highest BCUT2D eigenvalue weighted by Gasteiger charge is 2.11. The number of aromatic carboxylic acids is 1. The lowest BCUT2D eigenvalue weighted by Gasteiger charge is -2.01. The van der Waals surface area contributed by atoms with Crippen LogP contribution in [-0.2, 0) is 0 Å². The lowest BCUT2D eigenvalue weighted by atomic mass is 10.1. The minimum absolute atomic E-state index is 0.0856. The number of carboxylic acid groups (broad SMARTS) is 1. The molecular formula is C11H9BrN2O2. The standard InChI is InChI=1S/C11H9BrN2O2/c1-6-2-3-7(8(12)4-6)9-5-10(11(15)16)14-13-9/h2-5H,1H3,(H,13,14)(H,15,16). The zero-order valence-corrected chi connectivity index (χ0v) is 10.1. The Labute approximate surface area is 100 Å². The Kier molecular flexibility index (Phi) is 2.78. The topological polar surface area (TPSA) is 66.0 Å². The van der Waals surface area contributed by atoms with Gasteiger partial charge in [0.2, 0.25) is 0 Å². The van der Waals surface area contributed by atoms with Crippen molar-refractivity contribution in [3.63, 3.8) is 0 Å². The van der Waals surface area contributed by atoms with E-state index in [0.29, 0.717) is 5.69 Å². The van der Waals surface area contributed by atoms with E-state index in [0.717, 1.165) is 15.6 Å². The molecule has 2 rings (SSSR count). The van der Waals surface area contributed by atoms with E-state index in [1.54, 1.807) is 0 Å². The molecule has 0 aliphatic carbocycles. The molecule has 1 aromatic heterocycles. The summed E-state index contributed by atoms with van der Waals surface area (Å²) in [5.41, 5.74) is 2.70. The first kappa shape index (κ1) is 10.9. The highest BCUT2D eigenvalue weighted by atomic mass is 79.9. The van der Waals surface area contributed by atoms with Crippen LogP contribution in [0, 0.1) is 6.92 Å². The third-order valence-electron chi connectivity index (χ3n) is 2.21. The molecule has 0 atom stereocenters. The fourth-order valence-electron chi connectivity index (χ4n) is 1.40. The van der Waals surface area contributed by atoms with E-state index in [9.17, 15) is 4.79 Å². The highest BCUT2D eigenvalue weighted by Crippen LogP contribution is 2.27. The zero-order chi connectivity index (χ0) is 11.7. The van der Waals surface area contributed by atoms with Gasteiger partial charge in [0.1, 0.15) is 5.69 Å². The number of nitrogens with one attached hydrogen (secondary N) is 1. The van der Waals surface area contributed by atoms with E-state index in [2.05, 4.69) is 26.1 Å². The molecule has 0 radical (unpaired) electrons. The summed E-state index contributed by atoms with van der Waals surface area (Å²) in [5, 5.41) is 15.2. The number of nitrogens with zero attached hydrogens (tertiary/aromatic N) is 1. The minimum atomic E-state index is -1.01. The van der Waals surface area contributed by atoms with Crippen molar-refractivity contribution in [2.75, 3.05) is 0 Å². The van der Waals surface area contributed by atoms with Crippen molar-refractivity contribution in [3.8, 4) is 11.3 Å². The molecule has 16 heavy (non-hydrogen) atoms. The first-order chi connectivity index (χ1) is 7.58. The van der Waals surface area contributed by atoms with Gasteiger partial charge in [0.05, 0.1) is 5.69 Å². The van der Waals surface area contributed by atoms with Gasteiger partial charge in [0.15, 0.2) is 0 Å². The number of carbonyl (C=O) groups is 1. The number of H-pyrrole nitrogens is 1. The molecule has 0 amide bonds. The summed E-state index contributed by atoms with van der Waals surface area (Å²) in [6.07, 6.45) is 0. The Balaban J connectivity index is 2.46. The van der Waals surface area contributed by atoms with Gasteiger partial charge in [-0.15, -0.1) is 0 Å². The average Bonchev–Trinajstić information content (AvgIpc) is 2.66. The minimum Gasteiger partial charge on any atom is -0.477 e. The van der Waals surface area contributed by atoms with E-state index in [4.69, 9.17) is 5.11 Å². The van der Waals surface area contributed by atoms with Crippen LogP contribution in [0.15, 0.2) is 28.7 Å². The van der Waals surface area contributed by atoms with Crippen molar-refractivity contribution >= 4 is 21.9 Å². The van der Waals surface area contributed by atoms with Crippen LogP contribution in [-0.4, -0.2) is 21.3 Å². The predicted molar refractivity (Wildman–Crippen MR) is 63.4 cm³/mol. The molecular weight excluding hydrogens is 272 g/mol. The molecule has 2 aromatic rings. The van der Waals surface area contributed by atoms with Crippen molar-refractivity contribution in [1.29, 1.82) is 0 Å². The summed E-state index contributed by atoms with van der Waals surface area (Å²) < 4.78 is 0.899. The van der Waals surface area contributed by atoms with Crippen LogP contribution in [0.3, 0.4) is 0 Å². The van der Waals surface area contributed by atoms with Gasteiger partial charge in [-0.1, -0.05) is 28.1 Å². The van der Waals surface area contributed by atoms with Crippen LogP contribution in [0.4, 0.5) is 0 Å². The van der Waals surface area contributed by atoms with Gasteiger partial charge < -0.3 is 5.11 Å². The van der Waals surface area contributed by atoms with E-state index in [1.807, 2.05) is 25.1 Å². The summed E-state index contributed by atoms with van der Waals surface area (Å²) in [6, 6.07) is 7.33. The zero-order valence-electron chi connectivity index (χ0n) is 8.49. The van der Waals surface area contributed by atoms with Crippen LogP contribution in [0.5, 0.6) is 0 Å². The van der Waals surface area contributed by atoms with Crippen molar-refractivity contribution in [3.05, 3.63) is 40.0 Å². The molecule has 0 aliphatic heterocycles. The second-order valence-electron chi connectivity index (χ2n) is 3.46. The second kappa shape index (κ2) is 4.09. The van der Waals surface area contributed by atoms with E-state index < -0.39 is 5.97 Å². The van der Waals surface area contributed by atoms with E-state index in [-0.39, 0.29) is 5.69 Å². The van der Waals surface area contributed by atoms with Gasteiger partial charge in [-0.05, 0) is 24.6 Å². The largest absolute Gasteiger partial charge is 0.477 e. The maximum absolute atomic E-state index is 10.7. The Hall–Kier alpha value is -1.62. The second-order valence-corrected chi connectivity index (χ2v) is 4.31. The molecule has 1 aromatic carbocycles. The molecule has 0 bridgehead atoms. The molecule has 0 saturated carbocycles. The van der Waals surface area contributed by atoms with Gasteiger partial charge in [-0.2, -0.15) is 5.10 Å². The van der Waals surface area contributed by atoms with Crippen LogP contribution in [0.1, 0.15) is 16.1 Å². The highest BCUT2D eigenvalue weighted by molar-refractivity contribution is 9.10. The summed E-state index contributed by atoms with van der Waals surface area (Å²) in [4.78, 5) is 10.7. The maximum atomic E-state index is 10.7. The fourth-order valence-corrected chi connectivity index (χ4v) is 2.09. The molecule has 0 saturated heterocycles. The number of hydrogen-bond donors (Lipinski definition) is 2. The molecule has 5 heteroatoms. The lowest BCUT2D eigenvalue weighted by Crippen LogP contribution is -1.95. The number of benzene rings is 1. The number of aryl methyl sites for hydroxylation is 1. The van der Waals surface area contributed by atoms with Gasteiger partial charge in [0, 0.05) is 10.0 Å². The van der Waals surface area contributed by atoms with Crippen LogP contribution < -0.4 is 0 Å². The SMILES string of the molecule is Cc1ccc(-c2cc(C(=O)O)[nH]n2)c(Br)c1. The number of rotatable bonds is 2. The third kappa shape index (κ3) is 1.99. The predicted octanol–water partition coefficient (Wildman–Crippen LogP) is 2.85. The molecule has 1 heterocycles. The maximum Gasteiger partial charge on any atom is 0.353 e. The molecule has 0 fully saturated rings. The summed E-state index contributed by atoms with van der Waals surface area (Å²) in [7, 11) is 0.